The highest BCUT2D eigenvalue weighted by Crippen LogP contribution is 2.18. The van der Waals surface area contributed by atoms with E-state index in [4.69, 9.17) is 0 Å². The Morgan fingerprint density at radius 3 is 2.53 bits per heavy atom. The molecule has 0 bridgehead atoms. The van der Waals surface area contributed by atoms with Gasteiger partial charge in [0.15, 0.2) is 5.82 Å². The second-order valence-electron chi connectivity index (χ2n) is 4.68. The highest BCUT2D eigenvalue weighted by atomic mass is 16.3. The second-order valence-corrected chi connectivity index (χ2v) is 4.68. The Balaban J connectivity index is 1.77. The van der Waals surface area contributed by atoms with E-state index in [0.29, 0.717) is 24.5 Å². The van der Waals surface area contributed by atoms with Gasteiger partial charge in [0, 0.05) is 31.3 Å². The van der Waals surface area contributed by atoms with E-state index in [-0.39, 0.29) is 12.0 Å². The summed E-state index contributed by atoms with van der Waals surface area (Å²) < 4.78 is 1.63. The van der Waals surface area contributed by atoms with Crippen molar-refractivity contribution in [3.8, 4) is 11.4 Å². The molecule has 0 unspecified atom stereocenters. The normalized spacial score (nSPS) is 15.4. The van der Waals surface area contributed by atoms with Crippen molar-refractivity contribution >= 4 is 5.91 Å². The highest BCUT2D eigenvalue weighted by Gasteiger charge is 2.29. The van der Waals surface area contributed by atoms with Gasteiger partial charge in [-0.05, 0) is 12.1 Å². The average molecular weight is 258 g/mol. The molecule has 1 saturated heterocycles. The highest BCUT2D eigenvalue weighted by molar-refractivity contribution is 5.95. The number of likely N-dealkylation sites (tertiary alicyclic amines) is 1. The van der Waals surface area contributed by atoms with Crippen LogP contribution in [0.2, 0.25) is 0 Å². The first-order valence-electron chi connectivity index (χ1n) is 6.07. The van der Waals surface area contributed by atoms with Crippen LogP contribution >= 0.6 is 0 Å². The fraction of sp³-hybridized carbons (Fsp3) is 0.308. The van der Waals surface area contributed by atoms with Crippen LogP contribution in [0.4, 0.5) is 0 Å². The smallest absolute Gasteiger partial charge is 0.254 e. The molecule has 0 radical (unpaired) electrons. The van der Waals surface area contributed by atoms with E-state index in [1.54, 1.807) is 28.0 Å². The van der Waals surface area contributed by atoms with Gasteiger partial charge in [-0.25, -0.2) is 4.98 Å². The predicted molar refractivity (Wildman–Crippen MR) is 68.3 cm³/mol. The Labute approximate surface area is 110 Å². The SMILES string of the molecule is Cn1cnc(-c2ccc(C(=O)N3CC(O)C3)cc2)n1. The number of hydrogen-bond acceptors (Lipinski definition) is 4. The topological polar surface area (TPSA) is 71.2 Å². The zero-order chi connectivity index (χ0) is 13.4. The van der Waals surface area contributed by atoms with Gasteiger partial charge in [-0.2, -0.15) is 5.10 Å². The van der Waals surface area contributed by atoms with Crippen molar-refractivity contribution in [2.75, 3.05) is 13.1 Å². The molecular weight excluding hydrogens is 244 g/mol. The number of amides is 1. The van der Waals surface area contributed by atoms with E-state index in [0.717, 1.165) is 5.56 Å². The van der Waals surface area contributed by atoms with Crippen LogP contribution in [0.15, 0.2) is 30.6 Å². The molecule has 1 aliphatic rings. The minimum absolute atomic E-state index is 0.0502. The van der Waals surface area contributed by atoms with Crippen molar-refractivity contribution in [3.63, 3.8) is 0 Å². The number of aliphatic hydroxyl groups excluding tert-OH is 1. The van der Waals surface area contributed by atoms with Gasteiger partial charge in [-0.1, -0.05) is 12.1 Å². The summed E-state index contributed by atoms with van der Waals surface area (Å²) in [7, 11) is 1.81. The predicted octanol–water partition coefficient (Wildman–Crippen LogP) is 0.299. The number of rotatable bonds is 2. The lowest BCUT2D eigenvalue weighted by Crippen LogP contribution is -2.53. The summed E-state index contributed by atoms with van der Waals surface area (Å²) in [5.74, 6) is 0.590. The molecular formula is C13H14N4O2. The van der Waals surface area contributed by atoms with Crippen LogP contribution in [0.3, 0.4) is 0 Å². The lowest BCUT2D eigenvalue weighted by molar-refractivity contribution is 0.00590. The maximum absolute atomic E-state index is 12.0. The fourth-order valence-electron chi connectivity index (χ4n) is 2.04. The summed E-state index contributed by atoms with van der Waals surface area (Å²) in [6.07, 6.45) is 1.26. The van der Waals surface area contributed by atoms with E-state index in [9.17, 15) is 9.90 Å². The average Bonchev–Trinajstić information content (AvgIpc) is 2.81. The van der Waals surface area contributed by atoms with Crippen molar-refractivity contribution in [2.24, 2.45) is 7.05 Å². The van der Waals surface area contributed by atoms with Crippen LogP contribution < -0.4 is 0 Å². The summed E-state index contributed by atoms with van der Waals surface area (Å²) >= 11 is 0. The number of β-amino-alcohol motifs (C(OH)–C–C–N with tert-alkyl or cyclic N) is 1. The van der Waals surface area contributed by atoms with E-state index < -0.39 is 0 Å². The van der Waals surface area contributed by atoms with Crippen molar-refractivity contribution in [3.05, 3.63) is 36.2 Å². The third-order valence-electron chi connectivity index (χ3n) is 3.14. The number of nitrogens with zero attached hydrogens (tertiary/aromatic N) is 4. The van der Waals surface area contributed by atoms with Crippen molar-refractivity contribution in [1.82, 2.24) is 19.7 Å². The number of benzene rings is 1. The van der Waals surface area contributed by atoms with Crippen LogP contribution in [0.5, 0.6) is 0 Å². The number of aromatic nitrogens is 3. The lowest BCUT2D eigenvalue weighted by atomic mass is 10.1. The van der Waals surface area contributed by atoms with Crippen LogP contribution in [-0.4, -0.2) is 49.9 Å². The van der Waals surface area contributed by atoms with Crippen LogP contribution in [0.25, 0.3) is 11.4 Å². The summed E-state index contributed by atoms with van der Waals surface area (Å²) in [5, 5.41) is 13.4. The Morgan fingerprint density at radius 2 is 2.00 bits per heavy atom. The van der Waals surface area contributed by atoms with Crippen LogP contribution in [0, 0.1) is 0 Å². The maximum atomic E-state index is 12.0. The third-order valence-corrected chi connectivity index (χ3v) is 3.14. The molecule has 1 aromatic heterocycles. The molecule has 6 nitrogen and oxygen atoms in total. The van der Waals surface area contributed by atoms with Gasteiger partial charge in [0.2, 0.25) is 0 Å². The third kappa shape index (κ3) is 2.22. The molecule has 2 aromatic rings. The quantitative estimate of drug-likeness (QED) is 0.841. The molecule has 98 valence electrons. The number of carbonyl (C=O) groups excluding carboxylic acids is 1. The monoisotopic (exact) mass is 258 g/mol. The Kier molecular flexibility index (Phi) is 2.79. The second kappa shape index (κ2) is 4.47. The molecule has 0 spiro atoms. The Morgan fingerprint density at radius 1 is 1.32 bits per heavy atom. The minimum atomic E-state index is -0.374. The fourth-order valence-corrected chi connectivity index (χ4v) is 2.04. The number of hydrogen-bond donors (Lipinski definition) is 1. The summed E-state index contributed by atoms with van der Waals surface area (Å²) in [5.41, 5.74) is 1.49. The molecule has 19 heavy (non-hydrogen) atoms. The first kappa shape index (κ1) is 11.9. The molecule has 0 atom stereocenters. The molecule has 6 heteroatoms. The number of aliphatic hydroxyl groups is 1. The van der Waals surface area contributed by atoms with Gasteiger partial charge in [-0.15, -0.1) is 0 Å². The number of aryl methyl sites for hydroxylation is 1. The van der Waals surface area contributed by atoms with E-state index in [2.05, 4.69) is 10.1 Å². The van der Waals surface area contributed by atoms with Crippen molar-refractivity contribution in [2.45, 2.75) is 6.10 Å². The van der Waals surface area contributed by atoms with Crippen LogP contribution in [-0.2, 0) is 7.05 Å². The molecule has 1 amide bonds. The lowest BCUT2D eigenvalue weighted by Gasteiger charge is -2.35. The standard InChI is InChI=1S/C13H14N4O2/c1-16-8-14-12(15-16)9-2-4-10(5-3-9)13(19)17-6-11(18)7-17/h2-5,8,11,18H,6-7H2,1H3. The Bertz CT molecular complexity index is 599. The van der Waals surface area contributed by atoms with Gasteiger partial charge in [-0.3, -0.25) is 9.48 Å². The van der Waals surface area contributed by atoms with E-state index >= 15 is 0 Å². The molecule has 1 aromatic carbocycles. The molecule has 1 aliphatic heterocycles. The summed E-state index contributed by atoms with van der Waals surface area (Å²) in [4.78, 5) is 17.8. The van der Waals surface area contributed by atoms with E-state index in [1.807, 2.05) is 19.2 Å². The van der Waals surface area contributed by atoms with Gasteiger partial charge in [0.1, 0.15) is 6.33 Å². The summed E-state index contributed by atoms with van der Waals surface area (Å²) in [6.45, 7) is 0.838. The summed E-state index contributed by atoms with van der Waals surface area (Å²) in [6, 6.07) is 7.19. The van der Waals surface area contributed by atoms with Gasteiger partial charge < -0.3 is 10.0 Å². The van der Waals surface area contributed by atoms with Crippen molar-refractivity contribution in [1.29, 1.82) is 0 Å². The number of carbonyl (C=O) groups is 1. The van der Waals surface area contributed by atoms with E-state index in [1.165, 1.54) is 0 Å². The molecule has 2 heterocycles. The first-order chi connectivity index (χ1) is 9.13. The minimum Gasteiger partial charge on any atom is -0.389 e. The molecule has 1 fully saturated rings. The van der Waals surface area contributed by atoms with Gasteiger partial charge in [0.25, 0.3) is 5.91 Å². The first-order valence-corrected chi connectivity index (χ1v) is 6.07. The zero-order valence-corrected chi connectivity index (χ0v) is 10.5. The van der Waals surface area contributed by atoms with Crippen molar-refractivity contribution < 1.29 is 9.90 Å². The molecule has 1 N–H and O–H groups in total. The zero-order valence-electron chi connectivity index (χ0n) is 10.5. The van der Waals surface area contributed by atoms with Gasteiger partial charge in [0.05, 0.1) is 6.10 Å². The van der Waals surface area contributed by atoms with Crippen LogP contribution in [0.1, 0.15) is 10.4 Å². The Hall–Kier alpha value is -2.21. The molecule has 3 rings (SSSR count). The van der Waals surface area contributed by atoms with Gasteiger partial charge >= 0.3 is 0 Å². The molecule has 0 aliphatic carbocycles. The molecule has 0 saturated carbocycles. The largest absolute Gasteiger partial charge is 0.389 e. The maximum Gasteiger partial charge on any atom is 0.254 e.